The Bertz CT molecular complexity index is 3990. The molecule has 0 spiro atoms. The third-order valence-electron chi connectivity index (χ3n) is 14.7. The molecule has 0 aromatic heterocycles. The molecule has 0 radical (unpaired) electrons. The van der Waals surface area contributed by atoms with Gasteiger partial charge in [-0.05, 0) is 154 Å². The van der Waals surface area contributed by atoms with Crippen LogP contribution in [0.1, 0.15) is 0 Å². The zero-order valence-corrected chi connectivity index (χ0v) is 37.2. The standard InChI is InChI=1S/C68H42/c1-5-21-51-43(13-1)17-9-25-53(51)47-29-33-49(34-30-47)63-41-65(57-27-11-19-45-15-3-7-23-55(45)57)61-40-38-60-64(50-35-31-48(32-36-50)54-26-10-18-44-14-2-6-22-52(44)54)42-66(62-39-37-59(63)67(61)68(60)62)58-28-12-20-46-16-4-8-24-56(46)58/h1-42H. The van der Waals surface area contributed by atoms with Crippen LogP contribution >= 0.6 is 0 Å². The first kappa shape index (κ1) is 38.4. The highest BCUT2D eigenvalue weighted by Gasteiger charge is 2.22. The van der Waals surface area contributed by atoms with Gasteiger partial charge in [0.1, 0.15) is 0 Å². The monoisotopic (exact) mass is 858 g/mol. The highest BCUT2D eigenvalue weighted by atomic mass is 14.3. The van der Waals surface area contributed by atoms with E-state index in [1.54, 1.807) is 0 Å². The third-order valence-corrected chi connectivity index (χ3v) is 14.7. The van der Waals surface area contributed by atoms with Crippen molar-refractivity contribution in [2.24, 2.45) is 0 Å². The molecular weight excluding hydrogens is 817 g/mol. The van der Waals surface area contributed by atoms with Gasteiger partial charge in [0, 0.05) is 0 Å². The molecule has 0 heterocycles. The molecular formula is C68H42. The summed E-state index contributed by atoms with van der Waals surface area (Å²) in [6.07, 6.45) is 0. The number of fused-ring (bicyclic) bond motifs is 4. The molecule has 0 atom stereocenters. The lowest BCUT2D eigenvalue weighted by atomic mass is 9.81. The van der Waals surface area contributed by atoms with Crippen LogP contribution in [-0.4, -0.2) is 0 Å². The normalized spacial score (nSPS) is 11.8. The molecule has 0 N–H and O–H groups in total. The lowest BCUT2D eigenvalue weighted by Gasteiger charge is -2.22. The van der Waals surface area contributed by atoms with Crippen molar-refractivity contribution in [2.75, 3.05) is 0 Å². The molecule has 0 aliphatic heterocycles. The predicted molar refractivity (Wildman–Crippen MR) is 293 cm³/mol. The molecule has 0 amide bonds. The van der Waals surface area contributed by atoms with Crippen molar-refractivity contribution in [3.8, 4) is 66.8 Å². The van der Waals surface area contributed by atoms with E-state index >= 15 is 0 Å². The number of hydrogen-bond donors (Lipinski definition) is 0. The molecule has 0 heteroatoms. The van der Waals surface area contributed by atoms with Gasteiger partial charge >= 0.3 is 0 Å². The molecule has 14 aromatic carbocycles. The summed E-state index contributed by atoms with van der Waals surface area (Å²) in [4.78, 5) is 0. The molecule has 14 aromatic rings. The Hall–Kier alpha value is -8.84. The van der Waals surface area contributed by atoms with Crippen LogP contribution < -0.4 is 0 Å². The lowest BCUT2D eigenvalue weighted by molar-refractivity contribution is 1.62. The summed E-state index contributed by atoms with van der Waals surface area (Å²) < 4.78 is 0. The van der Waals surface area contributed by atoms with Crippen molar-refractivity contribution in [2.45, 2.75) is 0 Å². The van der Waals surface area contributed by atoms with Crippen LogP contribution in [-0.2, 0) is 0 Å². The summed E-state index contributed by atoms with van der Waals surface area (Å²) in [6, 6.07) is 94.9. The Balaban J connectivity index is 1.06. The summed E-state index contributed by atoms with van der Waals surface area (Å²) in [5, 5.41) is 17.7. The van der Waals surface area contributed by atoms with Crippen LogP contribution in [0.3, 0.4) is 0 Å². The Morgan fingerprint density at radius 1 is 0.147 bits per heavy atom. The second-order valence-corrected chi connectivity index (χ2v) is 18.3. The summed E-state index contributed by atoms with van der Waals surface area (Å²) in [7, 11) is 0. The molecule has 68 heavy (non-hydrogen) atoms. The molecule has 0 nitrogen and oxygen atoms in total. The second kappa shape index (κ2) is 15.4. The van der Waals surface area contributed by atoms with E-state index in [0.717, 1.165) is 0 Å². The molecule has 14 rings (SSSR count). The topological polar surface area (TPSA) is 0 Å². The maximum absolute atomic E-state index is 2.47. The highest BCUT2D eigenvalue weighted by molar-refractivity contribution is 6.33. The van der Waals surface area contributed by atoms with Crippen LogP contribution in [0.25, 0.3) is 142 Å². The number of benzene rings is 14. The van der Waals surface area contributed by atoms with Gasteiger partial charge in [0.25, 0.3) is 0 Å². The van der Waals surface area contributed by atoms with Crippen molar-refractivity contribution < 1.29 is 0 Å². The van der Waals surface area contributed by atoms with Gasteiger partial charge in [-0.25, -0.2) is 0 Å². The average molecular weight is 859 g/mol. The Morgan fingerprint density at radius 3 is 0.735 bits per heavy atom. The van der Waals surface area contributed by atoms with Gasteiger partial charge < -0.3 is 0 Å². The quantitative estimate of drug-likeness (QED) is 0.146. The van der Waals surface area contributed by atoms with Crippen LogP contribution in [0.15, 0.2) is 255 Å². The van der Waals surface area contributed by atoms with Crippen LogP contribution in [0.2, 0.25) is 0 Å². The Labute approximate surface area is 395 Å². The van der Waals surface area contributed by atoms with Crippen LogP contribution in [0.4, 0.5) is 0 Å². The summed E-state index contributed by atoms with van der Waals surface area (Å²) in [6.45, 7) is 0. The van der Waals surface area contributed by atoms with E-state index in [9.17, 15) is 0 Å². The van der Waals surface area contributed by atoms with Gasteiger partial charge in [-0.2, -0.15) is 0 Å². The number of rotatable bonds is 6. The van der Waals surface area contributed by atoms with Crippen molar-refractivity contribution in [1.82, 2.24) is 0 Å². The van der Waals surface area contributed by atoms with Crippen molar-refractivity contribution >= 4 is 75.4 Å². The maximum Gasteiger partial charge on any atom is -0.00139 e. The van der Waals surface area contributed by atoms with Gasteiger partial charge in [0.2, 0.25) is 0 Å². The minimum atomic E-state index is 1.20. The molecule has 0 saturated heterocycles. The first-order chi connectivity index (χ1) is 33.7. The molecule has 314 valence electrons. The van der Waals surface area contributed by atoms with E-state index in [1.807, 2.05) is 0 Å². The summed E-state index contributed by atoms with van der Waals surface area (Å²) in [5.74, 6) is 0. The van der Waals surface area contributed by atoms with Crippen molar-refractivity contribution in [3.63, 3.8) is 0 Å². The summed E-state index contributed by atoms with van der Waals surface area (Å²) >= 11 is 0. The van der Waals surface area contributed by atoms with E-state index in [2.05, 4.69) is 255 Å². The first-order valence-corrected chi connectivity index (χ1v) is 23.7. The lowest BCUT2D eigenvalue weighted by Crippen LogP contribution is -1.95. The molecule has 0 aliphatic carbocycles. The largest absolute Gasteiger partial charge is 0.0616 e. The van der Waals surface area contributed by atoms with E-state index in [0.29, 0.717) is 0 Å². The van der Waals surface area contributed by atoms with E-state index in [1.165, 1.54) is 142 Å². The molecule has 0 fully saturated rings. The van der Waals surface area contributed by atoms with Crippen molar-refractivity contribution in [1.29, 1.82) is 0 Å². The fourth-order valence-electron chi connectivity index (χ4n) is 11.4. The van der Waals surface area contributed by atoms with Gasteiger partial charge in [-0.3, -0.25) is 0 Å². The van der Waals surface area contributed by atoms with E-state index in [4.69, 9.17) is 0 Å². The van der Waals surface area contributed by atoms with E-state index < -0.39 is 0 Å². The van der Waals surface area contributed by atoms with Crippen LogP contribution in [0.5, 0.6) is 0 Å². The third kappa shape index (κ3) is 6.01. The molecule has 0 bridgehead atoms. The average Bonchev–Trinajstić information content (AvgIpc) is 3.41. The predicted octanol–water partition coefficient (Wildman–Crippen LogP) is 19.2. The number of hydrogen-bond acceptors (Lipinski definition) is 0. The molecule has 0 saturated carbocycles. The molecule has 0 aliphatic rings. The minimum absolute atomic E-state index is 1.20. The highest BCUT2D eigenvalue weighted by Crippen LogP contribution is 2.50. The Morgan fingerprint density at radius 2 is 0.397 bits per heavy atom. The summed E-state index contributed by atoms with van der Waals surface area (Å²) in [5.41, 5.74) is 14.8. The second-order valence-electron chi connectivity index (χ2n) is 18.3. The SMILES string of the molecule is c1ccc2c(-c3ccc(-c4cc(-c5cccc6ccccc56)c5ccc6c(-c7ccc(-c8cccc9ccccc89)cc7)cc(-c7cccc8ccccc78)c7ccc4c5c67)cc3)cccc2c1. The zero-order chi connectivity index (χ0) is 44.7. The first-order valence-electron chi connectivity index (χ1n) is 23.7. The molecule has 0 unspecified atom stereocenters. The van der Waals surface area contributed by atoms with Crippen LogP contribution in [0, 0.1) is 0 Å². The Kier molecular flexibility index (Phi) is 8.69. The minimum Gasteiger partial charge on any atom is -0.0616 e. The van der Waals surface area contributed by atoms with Gasteiger partial charge in [-0.1, -0.05) is 243 Å². The smallest absolute Gasteiger partial charge is 0.00139 e. The fraction of sp³-hybridized carbons (Fsp3) is 0. The van der Waals surface area contributed by atoms with Crippen molar-refractivity contribution in [3.05, 3.63) is 255 Å². The zero-order valence-electron chi connectivity index (χ0n) is 37.2. The van der Waals surface area contributed by atoms with Gasteiger partial charge in [0.05, 0.1) is 0 Å². The van der Waals surface area contributed by atoms with E-state index in [-0.39, 0.29) is 0 Å². The van der Waals surface area contributed by atoms with Gasteiger partial charge in [-0.15, -0.1) is 0 Å². The van der Waals surface area contributed by atoms with Gasteiger partial charge in [0.15, 0.2) is 0 Å². The fourth-order valence-corrected chi connectivity index (χ4v) is 11.4. The maximum atomic E-state index is 2.47.